The Balaban J connectivity index is 0.00000220. The minimum Gasteiger partial charge on any atom is -0.351 e. The summed E-state index contributed by atoms with van der Waals surface area (Å²) in [5.74, 6) is -0.0983. The number of nitrogens with one attached hydrogen (secondary N) is 2. The molecule has 1 aromatic rings. The Hall–Kier alpha value is -1.14. The maximum Gasteiger partial charge on any atom is 0.273 e. The standard InChI is InChI=1S/C14H25N5O.ClH/c1-3-4-5-8-16-14(20)13-11(2)19(18-17-13)12-6-9-15-10-7-12;/h12,15H,3-10H2,1-2H3,(H,16,20);1H. The Labute approximate surface area is 132 Å². The molecule has 2 N–H and O–H groups in total. The van der Waals surface area contributed by atoms with Gasteiger partial charge in [-0.15, -0.1) is 17.5 Å². The molecule has 120 valence electrons. The molecule has 1 aromatic heterocycles. The molecule has 0 atom stereocenters. The number of amides is 1. The van der Waals surface area contributed by atoms with E-state index in [-0.39, 0.29) is 18.3 Å². The summed E-state index contributed by atoms with van der Waals surface area (Å²) in [6.45, 7) is 6.80. The zero-order valence-electron chi connectivity index (χ0n) is 12.9. The van der Waals surface area contributed by atoms with E-state index in [9.17, 15) is 4.79 Å². The van der Waals surface area contributed by atoms with Crippen LogP contribution in [-0.4, -0.2) is 40.5 Å². The highest BCUT2D eigenvalue weighted by Gasteiger charge is 2.22. The molecule has 0 radical (unpaired) electrons. The third-order valence-corrected chi connectivity index (χ3v) is 3.86. The largest absolute Gasteiger partial charge is 0.351 e. The van der Waals surface area contributed by atoms with Gasteiger partial charge >= 0.3 is 0 Å². The molecule has 21 heavy (non-hydrogen) atoms. The lowest BCUT2D eigenvalue weighted by molar-refractivity contribution is 0.0947. The molecule has 0 bridgehead atoms. The molecule has 1 aliphatic rings. The maximum atomic E-state index is 12.1. The summed E-state index contributed by atoms with van der Waals surface area (Å²) in [7, 11) is 0. The Morgan fingerprint density at radius 2 is 2.10 bits per heavy atom. The Morgan fingerprint density at radius 3 is 2.76 bits per heavy atom. The normalized spacial score (nSPS) is 15.5. The number of hydrogen-bond donors (Lipinski definition) is 2. The second-order valence-corrected chi connectivity index (χ2v) is 5.41. The lowest BCUT2D eigenvalue weighted by Gasteiger charge is -2.23. The van der Waals surface area contributed by atoms with Crippen molar-refractivity contribution < 1.29 is 4.79 Å². The number of aromatic nitrogens is 3. The average Bonchev–Trinajstić information content (AvgIpc) is 2.86. The van der Waals surface area contributed by atoms with Gasteiger partial charge < -0.3 is 10.6 Å². The van der Waals surface area contributed by atoms with Crippen LogP contribution in [0.25, 0.3) is 0 Å². The molecule has 7 heteroatoms. The summed E-state index contributed by atoms with van der Waals surface area (Å²) in [5.41, 5.74) is 1.35. The van der Waals surface area contributed by atoms with Crippen molar-refractivity contribution in [2.45, 2.75) is 52.0 Å². The van der Waals surface area contributed by atoms with Gasteiger partial charge in [0.25, 0.3) is 5.91 Å². The van der Waals surface area contributed by atoms with Crippen LogP contribution in [0.2, 0.25) is 0 Å². The van der Waals surface area contributed by atoms with Gasteiger partial charge in [-0.3, -0.25) is 4.79 Å². The van der Waals surface area contributed by atoms with Crippen LogP contribution in [-0.2, 0) is 0 Å². The summed E-state index contributed by atoms with van der Waals surface area (Å²) in [6, 6.07) is 0.366. The quantitative estimate of drug-likeness (QED) is 0.786. The van der Waals surface area contributed by atoms with Crippen LogP contribution in [0.3, 0.4) is 0 Å². The van der Waals surface area contributed by atoms with Crippen LogP contribution in [0.1, 0.15) is 61.3 Å². The Kier molecular flexibility index (Phi) is 7.67. The first-order valence-corrected chi connectivity index (χ1v) is 7.64. The fourth-order valence-electron chi connectivity index (χ4n) is 2.61. The fraction of sp³-hybridized carbons (Fsp3) is 0.786. The van der Waals surface area contributed by atoms with Gasteiger partial charge in [-0.2, -0.15) is 0 Å². The van der Waals surface area contributed by atoms with Gasteiger partial charge in [-0.25, -0.2) is 4.68 Å². The molecule has 1 fully saturated rings. The highest BCUT2D eigenvalue weighted by atomic mass is 35.5. The van der Waals surface area contributed by atoms with E-state index >= 15 is 0 Å². The topological polar surface area (TPSA) is 71.8 Å². The van der Waals surface area contributed by atoms with Crippen molar-refractivity contribution >= 4 is 18.3 Å². The van der Waals surface area contributed by atoms with Crippen LogP contribution in [0, 0.1) is 6.92 Å². The monoisotopic (exact) mass is 315 g/mol. The number of unbranched alkanes of at least 4 members (excludes halogenated alkanes) is 2. The van der Waals surface area contributed by atoms with Gasteiger partial charge in [0.15, 0.2) is 5.69 Å². The number of carbonyl (C=O) groups excluding carboxylic acids is 1. The van der Waals surface area contributed by atoms with Crippen LogP contribution in [0.5, 0.6) is 0 Å². The Morgan fingerprint density at radius 1 is 1.38 bits per heavy atom. The third kappa shape index (κ3) is 4.68. The van der Waals surface area contributed by atoms with Crippen LogP contribution >= 0.6 is 12.4 Å². The van der Waals surface area contributed by atoms with Crippen molar-refractivity contribution in [3.63, 3.8) is 0 Å². The molecule has 0 aliphatic carbocycles. The number of halogens is 1. The van der Waals surface area contributed by atoms with E-state index in [1.54, 1.807) is 0 Å². The first kappa shape index (κ1) is 17.9. The number of hydrogen-bond acceptors (Lipinski definition) is 4. The second kappa shape index (κ2) is 9.00. The molecular formula is C14H26ClN5O. The maximum absolute atomic E-state index is 12.1. The first-order chi connectivity index (χ1) is 9.74. The fourth-order valence-corrected chi connectivity index (χ4v) is 2.61. The molecule has 1 aliphatic heterocycles. The molecule has 0 saturated carbocycles. The summed E-state index contributed by atoms with van der Waals surface area (Å²) >= 11 is 0. The van der Waals surface area contributed by atoms with Gasteiger partial charge in [-0.05, 0) is 39.3 Å². The van der Waals surface area contributed by atoms with Gasteiger partial charge in [0.2, 0.25) is 0 Å². The van der Waals surface area contributed by atoms with Crippen molar-refractivity contribution in [1.29, 1.82) is 0 Å². The van der Waals surface area contributed by atoms with Crippen molar-refractivity contribution in [2.24, 2.45) is 0 Å². The van der Waals surface area contributed by atoms with Gasteiger partial charge in [0, 0.05) is 6.54 Å². The first-order valence-electron chi connectivity index (χ1n) is 7.64. The lowest BCUT2D eigenvalue weighted by Crippen LogP contribution is -2.30. The average molecular weight is 316 g/mol. The molecule has 2 heterocycles. The van der Waals surface area contributed by atoms with E-state index in [4.69, 9.17) is 0 Å². The smallest absolute Gasteiger partial charge is 0.273 e. The Bertz CT molecular complexity index is 443. The lowest BCUT2D eigenvalue weighted by atomic mass is 10.1. The molecule has 0 unspecified atom stereocenters. The minimum absolute atomic E-state index is 0. The minimum atomic E-state index is -0.0983. The number of piperidine rings is 1. The van der Waals surface area contributed by atoms with Crippen molar-refractivity contribution in [3.8, 4) is 0 Å². The zero-order chi connectivity index (χ0) is 14.4. The second-order valence-electron chi connectivity index (χ2n) is 5.41. The molecule has 0 spiro atoms. The van der Waals surface area contributed by atoms with E-state index in [0.717, 1.165) is 50.9 Å². The number of rotatable bonds is 6. The zero-order valence-corrected chi connectivity index (χ0v) is 13.7. The predicted molar refractivity (Wildman–Crippen MR) is 85.0 cm³/mol. The van der Waals surface area contributed by atoms with Crippen LogP contribution in [0.4, 0.5) is 0 Å². The van der Waals surface area contributed by atoms with E-state index in [2.05, 4.69) is 27.9 Å². The third-order valence-electron chi connectivity index (χ3n) is 3.86. The van der Waals surface area contributed by atoms with Crippen LogP contribution in [0.15, 0.2) is 0 Å². The van der Waals surface area contributed by atoms with Crippen molar-refractivity contribution in [2.75, 3.05) is 19.6 Å². The highest BCUT2D eigenvalue weighted by molar-refractivity contribution is 5.93. The van der Waals surface area contributed by atoms with Crippen LogP contribution < -0.4 is 10.6 Å². The summed E-state index contributed by atoms with van der Waals surface area (Å²) in [6.07, 6.45) is 5.40. The predicted octanol–water partition coefficient (Wildman–Crippen LogP) is 1.85. The van der Waals surface area contributed by atoms with Gasteiger partial charge in [-0.1, -0.05) is 25.0 Å². The molecule has 0 aromatic carbocycles. The van der Waals surface area contributed by atoms with Crippen molar-refractivity contribution in [3.05, 3.63) is 11.4 Å². The summed E-state index contributed by atoms with van der Waals surface area (Å²) in [5, 5.41) is 14.5. The van der Waals surface area contributed by atoms with Gasteiger partial charge in [0.05, 0.1) is 11.7 Å². The van der Waals surface area contributed by atoms with E-state index in [0.29, 0.717) is 18.3 Å². The molecule has 1 saturated heterocycles. The number of carbonyl (C=O) groups is 1. The van der Waals surface area contributed by atoms with Crippen molar-refractivity contribution in [1.82, 2.24) is 25.6 Å². The molecule has 1 amide bonds. The molecule has 2 rings (SSSR count). The molecule has 6 nitrogen and oxygen atoms in total. The van der Waals surface area contributed by atoms with E-state index < -0.39 is 0 Å². The molecular weight excluding hydrogens is 290 g/mol. The van der Waals surface area contributed by atoms with E-state index in [1.807, 2.05) is 11.6 Å². The summed E-state index contributed by atoms with van der Waals surface area (Å²) in [4.78, 5) is 12.1. The number of nitrogens with zero attached hydrogens (tertiary/aromatic N) is 3. The van der Waals surface area contributed by atoms with Gasteiger partial charge in [0.1, 0.15) is 0 Å². The SMILES string of the molecule is CCCCCNC(=O)c1nnn(C2CCNCC2)c1C.Cl. The summed E-state index contributed by atoms with van der Waals surface area (Å²) < 4.78 is 1.92. The highest BCUT2D eigenvalue weighted by Crippen LogP contribution is 2.20. The van der Waals surface area contributed by atoms with E-state index in [1.165, 1.54) is 0 Å².